The van der Waals surface area contributed by atoms with E-state index in [1.54, 1.807) is 26.4 Å². The molecule has 0 fully saturated rings. The summed E-state index contributed by atoms with van der Waals surface area (Å²) >= 11 is 0. The Labute approximate surface area is 202 Å². The summed E-state index contributed by atoms with van der Waals surface area (Å²) < 4.78 is 25.4. The predicted molar refractivity (Wildman–Crippen MR) is 130 cm³/mol. The standard InChI is InChI=1S/C27H26N2O6/c1-28-18-9-7-6-8-16(18)17-13-19-23(26(30)34-4)24(27(31)35-5)25(29(19)14-20(17)28)15-10-11-21(32-2)22(12-15)33-3/h6-12H,13-14H2,1-5H3. The van der Waals surface area contributed by atoms with E-state index in [2.05, 4.69) is 16.7 Å². The highest BCUT2D eigenvalue weighted by Gasteiger charge is 2.36. The molecule has 5 rings (SSSR count). The quantitative estimate of drug-likeness (QED) is 0.356. The van der Waals surface area contributed by atoms with Crippen molar-refractivity contribution >= 4 is 22.8 Å². The third kappa shape index (κ3) is 3.28. The Balaban J connectivity index is 1.84. The van der Waals surface area contributed by atoms with Crippen LogP contribution in [0.4, 0.5) is 0 Å². The van der Waals surface area contributed by atoms with Gasteiger partial charge in [-0.1, -0.05) is 18.2 Å². The first-order chi connectivity index (χ1) is 16.9. The summed E-state index contributed by atoms with van der Waals surface area (Å²) in [5.74, 6) is -0.113. The number of hydrogen-bond donors (Lipinski definition) is 0. The van der Waals surface area contributed by atoms with Gasteiger partial charge in [-0.05, 0) is 29.8 Å². The maximum atomic E-state index is 13.1. The molecule has 2 aromatic carbocycles. The van der Waals surface area contributed by atoms with E-state index in [9.17, 15) is 9.59 Å². The predicted octanol–water partition coefficient (Wildman–Crippen LogP) is 4.19. The average Bonchev–Trinajstić information content (AvgIpc) is 3.38. The third-order valence-electron chi connectivity index (χ3n) is 6.80. The van der Waals surface area contributed by atoms with Gasteiger partial charge >= 0.3 is 11.9 Å². The number of aryl methyl sites for hydroxylation is 1. The number of hydrogen-bond acceptors (Lipinski definition) is 6. The molecule has 0 saturated carbocycles. The zero-order valence-corrected chi connectivity index (χ0v) is 20.3. The highest BCUT2D eigenvalue weighted by molar-refractivity contribution is 6.09. The summed E-state index contributed by atoms with van der Waals surface area (Å²) in [5, 5.41) is 1.13. The van der Waals surface area contributed by atoms with Crippen molar-refractivity contribution in [3.63, 3.8) is 0 Å². The first-order valence-electron chi connectivity index (χ1n) is 11.1. The summed E-state index contributed by atoms with van der Waals surface area (Å²) in [5.41, 5.74) is 5.75. The van der Waals surface area contributed by atoms with Crippen LogP contribution in [-0.4, -0.2) is 49.5 Å². The Bertz CT molecular complexity index is 1490. The number of esters is 2. The van der Waals surface area contributed by atoms with Crippen molar-refractivity contribution in [3.05, 3.63) is 70.5 Å². The molecular formula is C27H26N2O6. The molecular weight excluding hydrogens is 448 g/mol. The molecule has 8 nitrogen and oxygen atoms in total. The van der Waals surface area contributed by atoms with Gasteiger partial charge in [-0.15, -0.1) is 0 Å². The minimum absolute atomic E-state index is 0.179. The lowest BCUT2D eigenvalue weighted by Crippen LogP contribution is -2.18. The molecule has 0 saturated heterocycles. The summed E-state index contributed by atoms with van der Waals surface area (Å²) in [6, 6.07) is 13.6. The van der Waals surface area contributed by atoms with Gasteiger partial charge in [0, 0.05) is 41.3 Å². The van der Waals surface area contributed by atoms with Gasteiger partial charge in [0.2, 0.25) is 0 Å². The number of benzene rings is 2. The van der Waals surface area contributed by atoms with Crippen LogP contribution < -0.4 is 9.47 Å². The van der Waals surface area contributed by atoms with E-state index in [0.29, 0.717) is 41.4 Å². The zero-order chi connectivity index (χ0) is 24.9. The molecule has 0 atom stereocenters. The number of rotatable bonds is 5. The molecule has 180 valence electrons. The summed E-state index contributed by atoms with van der Waals surface area (Å²) in [4.78, 5) is 26.2. The van der Waals surface area contributed by atoms with Gasteiger partial charge in [0.05, 0.1) is 46.2 Å². The molecule has 0 amide bonds. The molecule has 0 unspecified atom stereocenters. The van der Waals surface area contributed by atoms with Crippen LogP contribution in [0.2, 0.25) is 0 Å². The average molecular weight is 475 g/mol. The Morgan fingerprint density at radius 2 is 1.51 bits per heavy atom. The third-order valence-corrected chi connectivity index (χ3v) is 6.80. The molecule has 2 aromatic heterocycles. The maximum absolute atomic E-state index is 13.1. The Morgan fingerprint density at radius 3 is 2.20 bits per heavy atom. The van der Waals surface area contributed by atoms with Gasteiger partial charge in [0.1, 0.15) is 5.56 Å². The molecule has 4 aromatic rings. The first kappa shape index (κ1) is 22.6. The van der Waals surface area contributed by atoms with Crippen LogP contribution in [0.3, 0.4) is 0 Å². The number of para-hydroxylation sites is 1. The highest BCUT2D eigenvalue weighted by Crippen LogP contribution is 2.42. The van der Waals surface area contributed by atoms with E-state index in [-0.39, 0.29) is 11.1 Å². The lowest BCUT2D eigenvalue weighted by molar-refractivity contribution is 0.0556. The van der Waals surface area contributed by atoms with Crippen molar-refractivity contribution in [2.24, 2.45) is 7.05 Å². The van der Waals surface area contributed by atoms with E-state index >= 15 is 0 Å². The molecule has 3 heterocycles. The molecule has 0 bridgehead atoms. The number of fused-ring (bicyclic) bond motifs is 4. The maximum Gasteiger partial charge on any atom is 0.340 e. The van der Waals surface area contributed by atoms with Crippen LogP contribution in [0.25, 0.3) is 22.2 Å². The topological polar surface area (TPSA) is 80.9 Å². The minimum Gasteiger partial charge on any atom is -0.493 e. The smallest absolute Gasteiger partial charge is 0.340 e. The van der Waals surface area contributed by atoms with Crippen LogP contribution in [0.1, 0.15) is 37.7 Å². The van der Waals surface area contributed by atoms with E-state index < -0.39 is 11.9 Å². The van der Waals surface area contributed by atoms with E-state index in [1.165, 1.54) is 14.2 Å². The van der Waals surface area contributed by atoms with Crippen LogP contribution >= 0.6 is 0 Å². The van der Waals surface area contributed by atoms with Crippen molar-refractivity contribution in [1.29, 1.82) is 0 Å². The van der Waals surface area contributed by atoms with Crippen LogP contribution in [0.5, 0.6) is 11.5 Å². The summed E-state index contributed by atoms with van der Waals surface area (Å²) in [6.45, 7) is 0.473. The lowest BCUT2D eigenvalue weighted by Gasteiger charge is -2.21. The molecule has 0 aliphatic carbocycles. The first-order valence-corrected chi connectivity index (χ1v) is 11.1. The van der Waals surface area contributed by atoms with E-state index in [4.69, 9.17) is 18.9 Å². The van der Waals surface area contributed by atoms with E-state index in [1.807, 2.05) is 29.8 Å². The minimum atomic E-state index is -0.606. The van der Waals surface area contributed by atoms with Gasteiger partial charge in [-0.25, -0.2) is 9.59 Å². The molecule has 35 heavy (non-hydrogen) atoms. The van der Waals surface area contributed by atoms with Crippen molar-refractivity contribution in [2.75, 3.05) is 28.4 Å². The fourth-order valence-corrected chi connectivity index (χ4v) is 5.17. The monoisotopic (exact) mass is 474 g/mol. The number of carbonyl (C=O) groups excluding carboxylic acids is 2. The fourth-order valence-electron chi connectivity index (χ4n) is 5.17. The second-order valence-electron chi connectivity index (χ2n) is 8.36. The lowest BCUT2D eigenvalue weighted by atomic mass is 9.99. The Morgan fingerprint density at radius 1 is 0.829 bits per heavy atom. The van der Waals surface area contributed by atoms with Crippen LogP contribution in [0, 0.1) is 0 Å². The van der Waals surface area contributed by atoms with Gasteiger partial charge in [-0.2, -0.15) is 0 Å². The van der Waals surface area contributed by atoms with E-state index in [0.717, 1.165) is 22.2 Å². The Hall–Kier alpha value is -4.20. The largest absolute Gasteiger partial charge is 0.493 e. The zero-order valence-electron chi connectivity index (χ0n) is 20.3. The molecule has 0 spiro atoms. The Kier molecular flexibility index (Phi) is 5.51. The SMILES string of the molecule is COC(=O)c1c(C(=O)OC)c(-c2ccc(OC)c(OC)c2)n2c1Cc1c(n(C)c3ccccc13)C2. The normalized spacial score (nSPS) is 12.1. The van der Waals surface area contributed by atoms with Gasteiger partial charge in [-0.3, -0.25) is 0 Å². The van der Waals surface area contributed by atoms with Crippen molar-refractivity contribution in [1.82, 2.24) is 9.13 Å². The van der Waals surface area contributed by atoms with Crippen molar-refractivity contribution in [2.45, 2.75) is 13.0 Å². The van der Waals surface area contributed by atoms with Crippen molar-refractivity contribution in [3.8, 4) is 22.8 Å². The second-order valence-corrected chi connectivity index (χ2v) is 8.36. The summed E-state index contributed by atoms with van der Waals surface area (Å²) in [7, 11) is 7.77. The van der Waals surface area contributed by atoms with Crippen LogP contribution in [0.15, 0.2) is 42.5 Å². The number of ether oxygens (including phenoxy) is 4. The number of methoxy groups -OCH3 is 4. The fraction of sp³-hybridized carbons (Fsp3) is 0.259. The second kappa shape index (κ2) is 8.54. The number of aromatic nitrogens is 2. The molecule has 1 aliphatic heterocycles. The van der Waals surface area contributed by atoms with Crippen LogP contribution in [-0.2, 0) is 29.5 Å². The summed E-state index contributed by atoms with van der Waals surface area (Å²) in [6.07, 6.45) is 0.471. The van der Waals surface area contributed by atoms with Gasteiger partial charge in [0.25, 0.3) is 0 Å². The molecule has 0 N–H and O–H groups in total. The van der Waals surface area contributed by atoms with Crippen molar-refractivity contribution < 1.29 is 28.5 Å². The molecule has 0 radical (unpaired) electrons. The van der Waals surface area contributed by atoms with Gasteiger partial charge in [0.15, 0.2) is 11.5 Å². The molecule has 1 aliphatic rings. The number of carbonyl (C=O) groups is 2. The highest BCUT2D eigenvalue weighted by atomic mass is 16.5. The molecule has 8 heteroatoms. The van der Waals surface area contributed by atoms with Gasteiger partial charge < -0.3 is 28.1 Å². The number of nitrogens with zero attached hydrogens (tertiary/aromatic N) is 2.